The van der Waals surface area contributed by atoms with Crippen LogP contribution in [0.4, 0.5) is 28.8 Å². The van der Waals surface area contributed by atoms with Gasteiger partial charge in [-0.15, -0.1) is 0 Å². The molecule has 4 rings (SSSR count). The lowest BCUT2D eigenvalue weighted by Crippen LogP contribution is -2.44. The highest BCUT2D eigenvalue weighted by Crippen LogP contribution is 2.34. The first-order valence-electron chi connectivity index (χ1n) is 12.5. The molecule has 0 saturated carbocycles. The van der Waals surface area contributed by atoms with Crippen molar-refractivity contribution in [2.45, 2.75) is 31.7 Å². The Balaban J connectivity index is 1.58. The third-order valence-electron chi connectivity index (χ3n) is 5.94. The molecule has 0 spiro atoms. The van der Waals surface area contributed by atoms with Gasteiger partial charge in [0.1, 0.15) is 15.7 Å². The van der Waals surface area contributed by atoms with E-state index in [1.807, 2.05) is 25.1 Å². The number of nitrogens with one attached hydrogen (secondary N) is 3. The predicted molar refractivity (Wildman–Crippen MR) is 153 cm³/mol. The highest BCUT2D eigenvalue weighted by molar-refractivity contribution is 7.89. The molecule has 0 radical (unpaired) electrons. The maximum Gasteiger partial charge on any atom is 0.242 e. The van der Waals surface area contributed by atoms with Gasteiger partial charge in [0.15, 0.2) is 5.82 Å². The number of likely N-dealkylation sites (N-methyl/N-ethyl adjacent to an activating group) is 1. The molecule has 1 aromatic heterocycles. The predicted octanol–water partition coefficient (Wildman–Crippen LogP) is 4.45. The number of anilines is 5. The molecule has 1 aliphatic rings. The van der Waals surface area contributed by atoms with Gasteiger partial charge in [-0.25, -0.2) is 18.1 Å². The van der Waals surface area contributed by atoms with Crippen LogP contribution in [0.2, 0.25) is 5.02 Å². The van der Waals surface area contributed by atoms with E-state index >= 15 is 0 Å². The Bertz CT molecular complexity index is 1360. The lowest BCUT2D eigenvalue weighted by molar-refractivity contribution is 0.312. The number of hydrogen-bond acceptors (Lipinski definition) is 9. The van der Waals surface area contributed by atoms with E-state index in [0.29, 0.717) is 23.7 Å². The van der Waals surface area contributed by atoms with Gasteiger partial charge in [-0.3, -0.25) is 0 Å². The third-order valence-corrected chi connectivity index (χ3v) is 7.94. The van der Waals surface area contributed by atoms with E-state index in [2.05, 4.69) is 42.2 Å². The molecule has 0 atom stereocenters. The van der Waals surface area contributed by atoms with Crippen molar-refractivity contribution < 1.29 is 13.2 Å². The van der Waals surface area contributed by atoms with Crippen molar-refractivity contribution in [3.05, 3.63) is 53.7 Å². The molecule has 1 aliphatic heterocycles. The van der Waals surface area contributed by atoms with Gasteiger partial charge < -0.3 is 25.2 Å². The fraction of sp³-hybridized carbons (Fsp3) is 0.385. The number of benzene rings is 2. The second kappa shape index (κ2) is 12.2. The molecule has 38 heavy (non-hydrogen) atoms. The van der Waals surface area contributed by atoms with Gasteiger partial charge >= 0.3 is 0 Å². The zero-order valence-corrected chi connectivity index (χ0v) is 23.6. The van der Waals surface area contributed by atoms with Crippen LogP contribution in [0, 0.1) is 0 Å². The summed E-state index contributed by atoms with van der Waals surface area (Å²) in [5.74, 6) is 1.24. The Morgan fingerprint density at radius 1 is 1.05 bits per heavy atom. The minimum atomic E-state index is -3.75. The zero-order chi connectivity index (χ0) is 27.3. The Morgan fingerprint density at radius 3 is 2.50 bits per heavy atom. The normalized spacial score (nSPS) is 14.5. The third kappa shape index (κ3) is 6.84. The molecule has 0 aliphatic carbocycles. The van der Waals surface area contributed by atoms with Crippen LogP contribution in [0.5, 0.6) is 5.75 Å². The summed E-state index contributed by atoms with van der Waals surface area (Å²) >= 11 is 6.38. The summed E-state index contributed by atoms with van der Waals surface area (Å²) in [6.45, 7) is 9.90. The van der Waals surface area contributed by atoms with Crippen LogP contribution >= 0.6 is 11.6 Å². The molecule has 1 saturated heterocycles. The average Bonchev–Trinajstić information content (AvgIpc) is 2.87. The molecule has 0 unspecified atom stereocenters. The van der Waals surface area contributed by atoms with Gasteiger partial charge in [-0.2, -0.15) is 4.98 Å². The molecular formula is C26H34ClN7O3S. The van der Waals surface area contributed by atoms with Crippen molar-refractivity contribution in [1.29, 1.82) is 0 Å². The second-order valence-electron chi connectivity index (χ2n) is 9.32. The van der Waals surface area contributed by atoms with Crippen molar-refractivity contribution in [3.63, 3.8) is 0 Å². The highest BCUT2D eigenvalue weighted by atomic mass is 35.5. The number of rotatable bonds is 10. The highest BCUT2D eigenvalue weighted by Gasteiger charge is 2.21. The minimum absolute atomic E-state index is 0.0935. The second-order valence-corrected chi connectivity index (χ2v) is 11.4. The average molecular weight is 560 g/mol. The number of para-hydroxylation sites is 1. The summed E-state index contributed by atoms with van der Waals surface area (Å²) in [4.78, 5) is 13.6. The van der Waals surface area contributed by atoms with Crippen molar-refractivity contribution in [2.75, 3.05) is 55.4 Å². The molecule has 1 fully saturated rings. The quantitative estimate of drug-likeness (QED) is 0.331. The number of aromatic nitrogens is 2. The van der Waals surface area contributed by atoms with Crippen LogP contribution in [0.15, 0.2) is 53.6 Å². The van der Waals surface area contributed by atoms with E-state index in [4.69, 9.17) is 16.3 Å². The number of ether oxygens (including phenoxy) is 1. The molecule has 0 amide bonds. The fourth-order valence-corrected chi connectivity index (χ4v) is 5.64. The lowest BCUT2D eigenvalue weighted by atomic mass is 10.2. The van der Waals surface area contributed by atoms with E-state index in [9.17, 15) is 8.42 Å². The summed E-state index contributed by atoms with van der Waals surface area (Å²) in [5, 5.41) is 6.52. The molecule has 10 nitrogen and oxygen atoms in total. The van der Waals surface area contributed by atoms with Gasteiger partial charge in [0.25, 0.3) is 0 Å². The summed E-state index contributed by atoms with van der Waals surface area (Å²) in [5.41, 5.74) is 2.15. The van der Waals surface area contributed by atoms with Crippen LogP contribution < -0.4 is 25.0 Å². The largest absolute Gasteiger partial charge is 0.492 e. The maximum atomic E-state index is 12.9. The molecule has 12 heteroatoms. The molecule has 3 N–H and O–H groups in total. The van der Waals surface area contributed by atoms with Gasteiger partial charge in [-0.05, 0) is 52.1 Å². The monoisotopic (exact) mass is 559 g/mol. The van der Waals surface area contributed by atoms with Gasteiger partial charge in [-0.1, -0.05) is 23.7 Å². The summed E-state index contributed by atoms with van der Waals surface area (Å²) in [6.07, 6.45) is 1.46. The fourth-order valence-electron chi connectivity index (χ4n) is 4.09. The molecule has 204 valence electrons. The molecule has 2 aromatic carbocycles. The Kier molecular flexibility index (Phi) is 8.93. The first kappa shape index (κ1) is 27.9. The zero-order valence-electron chi connectivity index (χ0n) is 22.0. The number of sulfonamides is 1. The van der Waals surface area contributed by atoms with E-state index < -0.39 is 10.0 Å². The van der Waals surface area contributed by atoms with Crippen LogP contribution in [0.1, 0.15) is 20.8 Å². The Morgan fingerprint density at radius 2 is 1.79 bits per heavy atom. The van der Waals surface area contributed by atoms with E-state index in [-0.39, 0.29) is 27.7 Å². The molecule has 0 bridgehead atoms. The number of nitrogens with zero attached hydrogens (tertiary/aromatic N) is 4. The van der Waals surface area contributed by atoms with Crippen molar-refractivity contribution in [3.8, 4) is 5.75 Å². The summed E-state index contributed by atoms with van der Waals surface area (Å²) < 4.78 is 34.2. The number of hydrogen-bond donors (Lipinski definition) is 3. The lowest BCUT2D eigenvalue weighted by Gasteiger charge is -2.34. The topological polar surface area (TPSA) is 112 Å². The van der Waals surface area contributed by atoms with Crippen molar-refractivity contribution >= 4 is 50.5 Å². The Labute approximate surface area is 229 Å². The molecule has 3 aromatic rings. The van der Waals surface area contributed by atoms with Gasteiger partial charge in [0, 0.05) is 44.0 Å². The Hall–Kier alpha value is -3.12. The first-order valence-corrected chi connectivity index (χ1v) is 14.4. The van der Waals surface area contributed by atoms with Gasteiger partial charge in [0.05, 0.1) is 24.2 Å². The smallest absolute Gasteiger partial charge is 0.242 e. The minimum Gasteiger partial charge on any atom is -0.492 e. The summed E-state index contributed by atoms with van der Waals surface area (Å²) in [6, 6.07) is 12.3. The molecular weight excluding hydrogens is 526 g/mol. The van der Waals surface area contributed by atoms with Crippen molar-refractivity contribution in [2.24, 2.45) is 0 Å². The van der Waals surface area contributed by atoms with E-state index in [1.165, 1.54) is 12.3 Å². The number of piperazine rings is 1. The number of halogens is 1. The van der Waals surface area contributed by atoms with E-state index in [1.54, 1.807) is 32.0 Å². The van der Waals surface area contributed by atoms with Gasteiger partial charge in [0.2, 0.25) is 16.0 Å². The molecule has 2 heterocycles. The maximum absolute atomic E-state index is 12.9. The SMILES string of the molecule is CCOc1cc(N2CCN(C)CC2)ccc1Nc1ncc(Cl)c(Nc2ccccc2S(=O)(=O)NC(C)C)n1. The van der Waals surface area contributed by atoms with E-state index in [0.717, 1.165) is 31.9 Å². The van der Waals surface area contributed by atoms with Crippen LogP contribution in [-0.2, 0) is 10.0 Å². The summed E-state index contributed by atoms with van der Waals surface area (Å²) in [7, 11) is -1.62. The first-order chi connectivity index (χ1) is 18.2. The van der Waals surface area contributed by atoms with Crippen LogP contribution in [0.25, 0.3) is 0 Å². The standard InChI is InChI=1S/C26H34ClN7O3S/c1-5-37-23-16-19(34-14-12-33(4)13-15-34)10-11-21(23)30-26-28-17-20(27)25(31-26)29-22-8-6-7-9-24(22)38(35,36)32-18(2)3/h6-11,16-18,32H,5,12-15H2,1-4H3,(H2,28,29,30,31). The van der Waals surface area contributed by atoms with Crippen LogP contribution in [-0.4, -0.2) is 69.2 Å². The van der Waals surface area contributed by atoms with Crippen molar-refractivity contribution in [1.82, 2.24) is 19.6 Å². The van der Waals surface area contributed by atoms with Crippen LogP contribution in [0.3, 0.4) is 0 Å².